The van der Waals surface area contributed by atoms with Gasteiger partial charge < -0.3 is 29.1 Å². The van der Waals surface area contributed by atoms with Gasteiger partial charge in [0.2, 0.25) is 0 Å². The Hall–Kier alpha value is -2.48. The van der Waals surface area contributed by atoms with Gasteiger partial charge in [0.1, 0.15) is 11.5 Å². The second kappa shape index (κ2) is 11.8. The Balaban J connectivity index is 2.28. The summed E-state index contributed by atoms with van der Waals surface area (Å²) < 4.78 is 16.7. The van der Waals surface area contributed by atoms with E-state index in [-0.39, 0.29) is 24.1 Å². The minimum Gasteiger partial charge on any atom is -0.493 e. The van der Waals surface area contributed by atoms with E-state index in [0.717, 1.165) is 19.3 Å². The van der Waals surface area contributed by atoms with Gasteiger partial charge in [-0.3, -0.25) is 4.79 Å². The predicted octanol–water partition coefficient (Wildman–Crippen LogP) is 3.88. The molecule has 8 heteroatoms. The molecule has 2 rings (SSSR count). The second-order valence-electron chi connectivity index (χ2n) is 8.39. The van der Waals surface area contributed by atoms with Crippen LogP contribution in [-0.2, 0) is 4.74 Å². The maximum atomic E-state index is 13.6. The maximum absolute atomic E-state index is 13.6. The number of rotatable bonds is 10. The highest BCUT2D eigenvalue weighted by Crippen LogP contribution is 2.27. The molecule has 1 aliphatic rings. The van der Waals surface area contributed by atoms with Crippen molar-refractivity contribution in [3.63, 3.8) is 0 Å². The molecule has 1 saturated heterocycles. The molecule has 8 nitrogen and oxygen atoms in total. The van der Waals surface area contributed by atoms with Crippen LogP contribution in [0.15, 0.2) is 18.2 Å². The average molecular weight is 437 g/mol. The van der Waals surface area contributed by atoms with Crippen LogP contribution in [0, 0.1) is 0 Å². The van der Waals surface area contributed by atoms with Crippen LogP contribution in [-0.4, -0.2) is 78.5 Å². The van der Waals surface area contributed by atoms with Gasteiger partial charge in [-0.1, -0.05) is 0 Å². The first-order valence-corrected chi connectivity index (χ1v) is 11.0. The lowest BCUT2D eigenvalue weighted by Gasteiger charge is -2.40. The van der Waals surface area contributed by atoms with Crippen LogP contribution < -0.4 is 9.47 Å². The molecule has 1 N–H and O–H groups in total. The zero-order valence-corrected chi connectivity index (χ0v) is 19.3. The second-order valence-corrected chi connectivity index (χ2v) is 8.39. The molecule has 0 saturated carbocycles. The van der Waals surface area contributed by atoms with Gasteiger partial charge in [0.05, 0.1) is 18.8 Å². The fraction of sp³-hybridized carbons (Fsp3) is 0.652. The molecule has 1 heterocycles. The first-order chi connectivity index (χ1) is 14.7. The summed E-state index contributed by atoms with van der Waals surface area (Å²) in [6.45, 7) is 9.65. The lowest BCUT2D eigenvalue weighted by molar-refractivity contribution is 0.0449. The van der Waals surface area contributed by atoms with E-state index in [9.17, 15) is 14.7 Å². The molecule has 0 aromatic heterocycles. The van der Waals surface area contributed by atoms with Crippen molar-refractivity contribution in [3.8, 4) is 11.5 Å². The highest BCUT2D eigenvalue weighted by molar-refractivity contribution is 5.95. The molecule has 0 aliphatic carbocycles. The SMILES string of the molecule is COCCCOc1cc(OC(C)C)cc(C(=O)N(C(C)C)[C@@H]2CCCN(C(=O)O)C2)c1. The summed E-state index contributed by atoms with van der Waals surface area (Å²) in [5, 5.41) is 9.39. The number of ether oxygens (including phenoxy) is 3. The number of carboxylic acid groups (broad SMARTS) is 1. The Kier molecular flexibility index (Phi) is 9.43. The van der Waals surface area contributed by atoms with Crippen molar-refractivity contribution in [3.05, 3.63) is 23.8 Å². The molecular weight excluding hydrogens is 400 g/mol. The smallest absolute Gasteiger partial charge is 0.407 e. The van der Waals surface area contributed by atoms with Crippen LogP contribution in [0.3, 0.4) is 0 Å². The number of benzene rings is 1. The summed E-state index contributed by atoms with van der Waals surface area (Å²) in [6.07, 6.45) is 1.25. The number of hydrogen-bond acceptors (Lipinski definition) is 5. The Morgan fingerprint density at radius 1 is 1.16 bits per heavy atom. The molecule has 2 amide bonds. The van der Waals surface area contributed by atoms with Crippen molar-refractivity contribution in [1.82, 2.24) is 9.80 Å². The summed E-state index contributed by atoms with van der Waals surface area (Å²) in [5.74, 6) is 0.988. The molecule has 1 aliphatic heterocycles. The Bertz CT molecular complexity index is 737. The molecule has 1 aromatic rings. The number of nitrogens with zero attached hydrogens (tertiary/aromatic N) is 2. The van der Waals surface area contributed by atoms with E-state index in [1.165, 1.54) is 4.90 Å². The van der Waals surface area contributed by atoms with Crippen LogP contribution >= 0.6 is 0 Å². The van der Waals surface area contributed by atoms with Gasteiger partial charge in [-0.25, -0.2) is 4.79 Å². The van der Waals surface area contributed by atoms with Crippen molar-refractivity contribution in [2.24, 2.45) is 0 Å². The van der Waals surface area contributed by atoms with E-state index < -0.39 is 6.09 Å². The van der Waals surface area contributed by atoms with Gasteiger partial charge in [0.15, 0.2) is 0 Å². The van der Waals surface area contributed by atoms with Crippen LogP contribution in [0.2, 0.25) is 0 Å². The molecule has 31 heavy (non-hydrogen) atoms. The summed E-state index contributed by atoms with van der Waals surface area (Å²) in [4.78, 5) is 28.2. The molecule has 0 bridgehead atoms. The largest absolute Gasteiger partial charge is 0.493 e. The Morgan fingerprint density at radius 2 is 1.87 bits per heavy atom. The van der Waals surface area contributed by atoms with E-state index in [1.54, 1.807) is 30.2 Å². The van der Waals surface area contributed by atoms with Gasteiger partial charge in [-0.05, 0) is 52.7 Å². The standard InChI is InChI=1S/C23H36N2O6/c1-16(2)25(19-8-6-9-24(15-19)23(27)28)22(26)18-12-20(30-11-7-10-29-5)14-21(13-18)31-17(3)4/h12-14,16-17,19H,6-11,15H2,1-5H3,(H,27,28)/t19-/m1/s1. The number of carbonyl (C=O) groups is 2. The molecule has 0 radical (unpaired) electrons. The molecule has 0 unspecified atom stereocenters. The molecule has 174 valence electrons. The van der Waals surface area contributed by atoms with Crippen molar-refractivity contribution in [2.75, 3.05) is 33.4 Å². The van der Waals surface area contributed by atoms with E-state index in [0.29, 0.717) is 43.4 Å². The summed E-state index contributed by atoms with van der Waals surface area (Å²) in [7, 11) is 1.64. The first kappa shape index (κ1) is 24.8. The van der Waals surface area contributed by atoms with Crippen LogP contribution in [0.1, 0.15) is 57.3 Å². The molecule has 1 aromatic carbocycles. The first-order valence-electron chi connectivity index (χ1n) is 11.0. The van der Waals surface area contributed by atoms with E-state index in [4.69, 9.17) is 14.2 Å². The summed E-state index contributed by atoms with van der Waals surface area (Å²) in [5.41, 5.74) is 0.473. The lowest BCUT2D eigenvalue weighted by Crippen LogP contribution is -2.53. The number of hydrogen-bond donors (Lipinski definition) is 1. The van der Waals surface area contributed by atoms with Crippen molar-refractivity contribution < 1.29 is 28.9 Å². The number of amides is 2. The van der Waals surface area contributed by atoms with Gasteiger partial charge >= 0.3 is 6.09 Å². The van der Waals surface area contributed by atoms with Gasteiger partial charge in [-0.2, -0.15) is 0 Å². The third-order valence-corrected chi connectivity index (χ3v) is 5.11. The molecule has 0 spiro atoms. The Labute approximate surface area is 185 Å². The van der Waals surface area contributed by atoms with Gasteiger partial charge in [-0.15, -0.1) is 0 Å². The lowest BCUT2D eigenvalue weighted by atomic mass is 10.0. The third kappa shape index (κ3) is 7.31. The summed E-state index contributed by atoms with van der Waals surface area (Å²) >= 11 is 0. The number of piperidine rings is 1. The van der Waals surface area contributed by atoms with Crippen molar-refractivity contribution in [2.45, 2.75) is 65.1 Å². The minimum atomic E-state index is -0.945. The third-order valence-electron chi connectivity index (χ3n) is 5.11. The summed E-state index contributed by atoms with van der Waals surface area (Å²) in [6, 6.07) is 5.01. The molecule has 1 atom stereocenters. The topological polar surface area (TPSA) is 88.5 Å². The zero-order chi connectivity index (χ0) is 23.0. The molecular formula is C23H36N2O6. The highest BCUT2D eigenvalue weighted by Gasteiger charge is 2.33. The van der Waals surface area contributed by atoms with E-state index in [2.05, 4.69) is 0 Å². The zero-order valence-electron chi connectivity index (χ0n) is 19.3. The maximum Gasteiger partial charge on any atom is 0.407 e. The highest BCUT2D eigenvalue weighted by atomic mass is 16.5. The van der Waals surface area contributed by atoms with Gasteiger partial charge in [0, 0.05) is 50.9 Å². The Morgan fingerprint density at radius 3 is 2.48 bits per heavy atom. The normalized spacial score (nSPS) is 16.5. The number of methoxy groups -OCH3 is 1. The van der Waals surface area contributed by atoms with Crippen molar-refractivity contribution >= 4 is 12.0 Å². The van der Waals surface area contributed by atoms with E-state index in [1.807, 2.05) is 27.7 Å². The van der Waals surface area contributed by atoms with Crippen LogP contribution in [0.25, 0.3) is 0 Å². The minimum absolute atomic E-state index is 0.0460. The van der Waals surface area contributed by atoms with E-state index >= 15 is 0 Å². The molecule has 1 fully saturated rings. The van der Waals surface area contributed by atoms with Gasteiger partial charge in [0.25, 0.3) is 5.91 Å². The number of carbonyl (C=O) groups excluding carboxylic acids is 1. The number of likely N-dealkylation sites (tertiary alicyclic amines) is 1. The fourth-order valence-electron chi connectivity index (χ4n) is 3.84. The van der Waals surface area contributed by atoms with Crippen LogP contribution in [0.4, 0.5) is 4.79 Å². The average Bonchev–Trinajstić information content (AvgIpc) is 2.70. The quantitative estimate of drug-likeness (QED) is 0.560. The van der Waals surface area contributed by atoms with Crippen molar-refractivity contribution in [1.29, 1.82) is 0 Å². The van der Waals surface area contributed by atoms with Crippen LogP contribution in [0.5, 0.6) is 11.5 Å². The monoisotopic (exact) mass is 436 g/mol. The predicted molar refractivity (Wildman–Crippen MR) is 118 cm³/mol. The fourth-order valence-corrected chi connectivity index (χ4v) is 3.84.